The van der Waals surface area contributed by atoms with Gasteiger partial charge < -0.3 is 15.8 Å². The lowest BCUT2D eigenvalue weighted by molar-refractivity contribution is -0.128. The second-order valence-electron chi connectivity index (χ2n) is 4.50. The van der Waals surface area contributed by atoms with Crippen LogP contribution < -0.4 is 11.1 Å². The molecule has 6 heteroatoms. The van der Waals surface area contributed by atoms with Gasteiger partial charge >= 0.3 is 0 Å². The largest absolute Gasteiger partial charge is 0.385 e. The van der Waals surface area contributed by atoms with Crippen LogP contribution in [0, 0.1) is 5.92 Å². The smallest absolute Gasteiger partial charge is 0.236 e. The molecular formula is C14H19BrN2O3. The molecule has 1 atom stereocenters. The van der Waals surface area contributed by atoms with Gasteiger partial charge in [0.1, 0.15) is 0 Å². The highest BCUT2D eigenvalue weighted by molar-refractivity contribution is 9.10. The van der Waals surface area contributed by atoms with Crippen LogP contribution in [0.5, 0.6) is 0 Å². The van der Waals surface area contributed by atoms with Crippen molar-refractivity contribution in [3.63, 3.8) is 0 Å². The van der Waals surface area contributed by atoms with Crippen LogP contribution in [-0.2, 0) is 20.7 Å². The second kappa shape index (κ2) is 8.71. The number of halogens is 1. The molecule has 20 heavy (non-hydrogen) atoms. The number of benzene rings is 1. The summed E-state index contributed by atoms with van der Waals surface area (Å²) in [4.78, 5) is 22.8. The number of carbonyl (C=O) groups is 2. The number of methoxy groups -OCH3 is 1. The highest BCUT2D eigenvalue weighted by Gasteiger charge is 2.19. The minimum absolute atomic E-state index is 0.138. The van der Waals surface area contributed by atoms with E-state index in [4.69, 9.17) is 10.5 Å². The zero-order valence-electron chi connectivity index (χ0n) is 11.4. The molecule has 0 aliphatic carbocycles. The number of nitrogens with one attached hydrogen (secondary N) is 1. The Kier molecular flexibility index (Phi) is 7.25. The molecule has 1 rings (SSSR count). The molecule has 0 heterocycles. The summed E-state index contributed by atoms with van der Waals surface area (Å²) in [6.07, 6.45) is 1.18. The van der Waals surface area contributed by atoms with Crippen molar-refractivity contribution in [2.45, 2.75) is 12.8 Å². The highest BCUT2D eigenvalue weighted by Crippen LogP contribution is 2.17. The van der Waals surface area contributed by atoms with Gasteiger partial charge in [-0.25, -0.2) is 0 Å². The summed E-state index contributed by atoms with van der Waals surface area (Å²) in [5.41, 5.74) is 6.08. The van der Waals surface area contributed by atoms with Crippen LogP contribution in [0.15, 0.2) is 28.7 Å². The van der Waals surface area contributed by atoms with E-state index in [2.05, 4.69) is 21.2 Å². The predicted molar refractivity (Wildman–Crippen MR) is 80.0 cm³/mol. The van der Waals surface area contributed by atoms with Gasteiger partial charge in [-0.2, -0.15) is 0 Å². The number of hydrogen-bond acceptors (Lipinski definition) is 3. The van der Waals surface area contributed by atoms with Crippen LogP contribution in [0.3, 0.4) is 0 Å². The van der Waals surface area contributed by atoms with Gasteiger partial charge in [0.25, 0.3) is 0 Å². The average Bonchev–Trinajstić information content (AvgIpc) is 2.40. The molecule has 0 aromatic heterocycles. The number of amides is 2. The molecule has 0 saturated heterocycles. The van der Waals surface area contributed by atoms with Crippen molar-refractivity contribution < 1.29 is 14.3 Å². The Morgan fingerprint density at radius 2 is 2.20 bits per heavy atom. The fraction of sp³-hybridized carbons (Fsp3) is 0.429. The van der Waals surface area contributed by atoms with Crippen molar-refractivity contribution in [2.24, 2.45) is 11.7 Å². The molecule has 0 unspecified atom stereocenters. The summed E-state index contributed by atoms with van der Waals surface area (Å²) in [6, 6.07) is 7.79. The van der Waals surface area contributed by atoms with Gasteiger partial charge in [-0.05, 0) is 30.5 Å². The molecule has 110 valence electrons. The van der Waals surface area contributed by atoms with Crippen molar-refractivity contribution in [1.29, 1.82) is 0 Å². The summed E-state index contributed by atoms with van der Waals surface area (Å²) in [5, 5.41) is 2.55. The van der Waals surface area contributed by atoms with Crippen molar-refractivity contribution in [1.82, 2.24) is 5.32 Å². The Morgan fingerprint density at radius 1 is 1.45 bits per heavy atom. The normalized spacial score (nSPS) is 11.9. The van der Waals surface area contributed by atoms with E-state index in [-0.39, 0.29) is 18.4 Å². The van der Waals surface area contributed by atoms with E-state index in [1.54, 1.807) is 7.11 Å². The standard InChI is InChI=1S/C14H19BrN2O3/c1-20-6-5-11(14(19)17-9-13(16)18)7-10-3-2-4-12(15)8-10/h2-4,8,11H,5-7,9H2,1H3,(H2,16,18)(H,17,19)/t11-/m0/s1. The Bertz CT molecular complexity index is 465. The number of ether oxygens (including phenoxy) is 1. The molecular weight excluding hydrogens is 324 g/mol. The quantitative estimate of drug-likeness (QED) is 0.745. The molecule has 0 fully saturated rings. The average molecular weight is 343 g/mol. The monoisotopic (exact) mass is 342 g/mol. The summed E-state index contributed by atoms with van der Waals surface area (Å²) >= 11 is 3.41. The third kappa shape index (κ3) is 6.16. The zero-order chi connectivity index (χ0) is 15.0. The number of carbonyl (C=O) groups excluding carboxylic acids is 2. The van der Waals surface area contributed by atoms with Crippen LogP contribution in [0.25, 0.3) is 0 Å². The maximum absolute atomic E-state index is 12.1. The maximum Gasteiger partial charge on any atom is 0.236 e. The number of primary amides is 1. The first-order valence-corrected chi connectivity index (χ1v) is 7.11. The van der Waals surface area contributed by atoms with Gasteiger partial charge in [-0.3, -0.25) is 9.59 Å². The third-order valence-electron chi connectivity index (χ3n) is 2.85. The van der Waals surface area contributed by atoms with E-state index in [9.17, 15) is 9.59 Å². The lowest BCUT2D eigenvalue weighted by Gasteiger charge is -2.16. The molecule has 1 aromatic carbocycles. The Balaban J connectivity index is 2.67. The SMILES string of the molecule is COCC[C@@H](Cc1cccc(Br)c1)C(=O)NCC(N)=O. The summed E-state index contributed by atoms with van der Waals surface area (Å²) in [7, 11) is 1.59. The van der Waals surface area contributed by atoms with Crippen LogP contribution >= 0.6 is 15.9 Å². The zero-order valence-corrected chi connectivity index (χ0v) is 13.0. The van der Waals surface area contributed by atoms with Gasteiger partial charge in [0.2, 0.25) is 11.8 Å². The Morgan fingerprint density at radius 3 is 2.80 bits per heavy atom. The van der Waals surface area contributed by atoms with E-state index in [1.165, 1.54) is 0 Å². The molecule has 0 bridgehead atoms. The van der Waals surface area contributed by atoms with Gasteiger partial charge in [-0.15, -0.1) is 0 Å². The number of nitrogens with two attached hydrogens (primary N) is 1. The maximum atomic E-state index is 12.1. The molecule has 0 saturated carbocycles. The van der Waals surface area contributed by atoms with E-state index >= 15 is 0 Å². The van der Waals surface area contributed by atoms with Crippen molar-refractivity contribution in [3.8, 4) is 0 Å². The van der Waals surface area contributed by atoms with Crippen LogP contribution in [0.2, 0.25) is 0 Å². The van der Waals surface area contributed by atoms with Gasteiger partial charge in [0.05, 0.1) is 6.54 Å². The first-order chi connectivity index (χ1) is 9.52. The van der Waals surface area contributed by atoms with Crippen LogP contribution in [-0.4, -0.2) is 32.1 Å². The molecule has 3 N–H and O–H groups in total. The van der Waals surface area contributed by atoms with Crippen molar-refractivity contribution in [2.75, 3.05) is 20.3 Å². The van der Waals surface area contributed by atoms with E-state index < -0.39 is 5.91 Å². The molecule has 2 amide bonds. The summed E-state index contributed by atoms with van der Waals surface area (Å²) < 4.78 is 6.00. The third-order valence-corrected chi connectivity index (χ3v) is 3.34. The lowest BCUT2D eigenvalue weighted by Crippen LogP contribution is -2.38. The van der Waals surface area contributed by atoms with Gasteiger partial charge in [0, 0.05) is 24.1 Å². The Labute approximate surface area is 127 Å². The van der Waals surface area contributed by atoms with Gasteiger partial charge in [-0.1, -0.05) is 28.1 Å². The summed E-state index contributed by atoms with van der Waals surface area (Å²) in [5.74, 6) is -0.976. The van der Waals surface area contributed by atoms with Crippen molar-refractivity contribution in [3.05, 3.63) is 34.3 Å². The summed E-state index contributed by atoms with van der Waals surface area (Å²) in [6.45, 7) is 0.351. The van der Waals surface area contributed by atoms with Crippen LogP contribution in [0.4, 0.5) is 0 Å². The fourth-order valence-electron chi connectivity index (χ4n) is 1.85. The van der Waals surface area contributed by atoms with Crippen molar-refractivity contribution >= 4 is 27.7 Å². The highest BCUT2D eigenvalue weighted by atomic mass is 79.9. The number of hydrogen-bond donors (Lipinski definition) is 2. The van der Waals surface area contributed by atoms with E-state index in [1.807, 2.05) is 24.3 Å². The van der Waals surface area contributed by atoms with Crippen LogP contribution in [0.1, 0.15) is 12.0 Å². The van der Waals surface area contributed by atoms with Gasteiger partial charge in [0.15, 0.2) is 0 Å². The first kappa shape index (κ1) is 16.7. The van der Waals surface area contributed by atoms with E-state index in [0.717, 1.165) is 10.0 Å². The Hall–Kier alpha value is -1.40. The molecule has 0 aliphatic heterocycles. The fourth-order valence-corrected chi connectivity index (χ4v) is 2.30. The lowest BCUT2D eigenvalue weighted by atomic mass is 9.95. The topological polar surface area (TPSA) is 81.4 Å². The molecule has 1 aromatic rings. The molecule has 0 radical (unpaired) electrons. The first-order valence-electron chi connectivity index (χ1n) is 6.32. The molecule has 5 nitrogen and oxygen atoms in total. The predicted octanol–water partition coefficient (Wildman–Crippen LogP) is 1.25. The second-order valence-corrected chi connectivity index (χ2v) is 5.41. The molecule has 0 spiro atoms. The number of rotatable bonds is 8. The van der Waals surface area contributed by atoms with E-state index in [0.29, 0.717) is 19.4 Å². The minimum Gasteiger partial charge on any atom is -0.385 e. The molecule has 0 aliphatic rings. The minimum atomic E-state index is -0.550.